The van der Waals surface area contributed by atoms with Crippen LogP contribution < -0.4 is 11.3 Å². The molecule has 0 aromatic heterocycles. The Balaban J connectivity index is 4.19. The molecular formula is C6H16N2O4S2. The predicted octanol–water partition coefficient (Wildman–Crippen LogP) is -1.70. The minimum atomic E-state index is -3.14. The molecule has 0 fully saturated rings. The Morgan fingerprint density at radius 3 is 1.93 bits per heavy atom. The summed E-state index contributed by atoms with van der Waals surface area (Å²) >= 11 is 0. The zero-order chi connectivity index (χ0) is 11.4. The molecule has 0 aliphatic heterocycles. The summed E-state index contributed by atoms with van der Waals surface area (Å²) in [6.07, 6.45) is 2.38. The van der Waals surface area contributed by atoms with E-state index in [1.807, 2.05) is 0 Å². The summed E-state index contributed by atoms with van der Waals surface area (Å²) < 4.78 is 43.4. The van der Waals surface area contributed by atoms with Crippen molar-refractivity contribution in [1.29, 1.82) is 0 Å². The SMILES string of the molecule is CS(=O)(=O)CCC(CS(C)(=O)=O)NN. The zero-order valence-electron chi connectivity index (χ0n) is 8.23. The Labute approximate surface area is 84.7 Å². The van der Waals surface area contributed by atoms with Crippen LogP contribution in [0.5, 0.6) is 0 Å². The molecule has 6 nitrogen and oxygen atoms in total. The molecule has 0 heterocycles. The molecular weight excluding hydrogens is 228 g/mol. The summed E-state index contributed by atoms with van der Waals surface area (Å²) in [5.41, 5.74) is 2.29. The maximum absolute atomic E-state index is 10.9. The largest absolute Gasteiger partial charge is 0.271 e. The molecule has 1 atom stereocenters. The van der Waals surface area contributed by atoms with Crippen LogP contribution in [0.1, 0.15) is 6.42 Å². The molecule has 1 unspecified atom stereocenters. The molecule has 3 N–H and O–H groups in total. The lowest BCUT2D eigenvalue weighted by Crippen LogP contribution is -2.41. The highest BCUT2D eigenvalue weighted by molar-refractivity contribution is 7.91. The Hall–Kier alpha value is -0.180. The van der Waals surface area contributed by atoms with E-state index in [2.05, 4.69) is 5.43 Å². The summed E-state index contributed by atoms with van der Waals surface area (Å²) in [5, 5.41) is 0. The molecule has 0 bridgehead atoms. The maximum Gasteiger partial charge on any atom is 0.149 e. The van der Waals surface area contributed by atoms with Gasteiger partial charge >= 0.3 is 0 Å². The van der Waals surface area contributed by atoms with E-state index in [4.69, 9.17) is 5.84 Å². The number of hydrogen-bond acceptors (Lipinski definition) is 6. The van der Waals surface area contributed by atoms with Crippen molar-refractivity contribution in [3.05, 3.63) is 0 Å². The summed E-state index contributed by atoms with van der Waals surface area (Å²) in [6, 6.07) is -0.514. The van der Waals surface area contributed by atoms with E-state index in [0.29, 0.717) is 0 Å². The van der Waals surface area contributed by atoms with Crippen molar-refractivity contribution in [3.63, 3.8) is 0 Å². The van der Waals surface area contributed by atoms with Gasteiger partial charge in [0.15, 0.2) is 0 Å². The van der Waals surface area contributed by atoms with E-state index in [1.54, 1.807) is 0 Å². The van der Waals surface area contributed by atoms with Gasteiger partial charge < -0.3 is 0 Å². The van der Waals surface area contributed by atoms with Crippen LogP contribution in [-0.2, 0) is 19.7 Å². The molecule has 0 spiro atoms. The fourth-order valence-corrected chi connectivity index (χ4v) is 2.64. The number of hydrazine groups is 1. The van der Waals surface area contributed by atoms with Crippen molar-refractivity contribution in [1.82, 2.24) is 5.43 Å². The van der Waals surface area contributed by atoms with Gasteiger partial charge in [-0.1, -0.05) is 0 Å². The summed E-state index contributed by atoms with van der Waals surface area (Å²) in [7, 11) is -6.22. The third-order valence-corrected chi connectivity index (χ3v) is 3.56. The van der Waals surface area contributed by atoms with Gasteiger partial charge in [-0.3, -0.25) is 11.3 Å². The van der Waals surface area contributed by atoms with Crippen LogP contribution in [0.2, 0.25) is 0 Å². The Bertz CT molecular complexity index is 359. The summed E-state index contributed by atoms with van der Waals surface area (Å²) in [4.78, 5) is 0. The Morgan fingerprint density at radius 1 is 1.14 bits per heavy atom. The number of sulfone groups is 2. The lowest BCUT2D eigenvalue weighted by Gasteiger charge is -2.13. The molecule has 0 amide bonds. The van der Waals surface area contributed by atoms with Crippen molar-refractivity contribution in [3.8, 4) is 0 Å². The van der Waals surface area contributed by atoms with E-state index >= 15 is 0 Å². The second kappa shape index (κ2) is 5.06. The van der Waals surface area contributed by atoms with Crippen molar-refractivity contribution in [2.24, 2.45) is 5.84 Å². The average Bonchev–Trinajstić information content (AvgIpc) is 1.94. The molecule has 14 heavy (non-hydrogen) atoms. The van der Waals surface area contributed by atoms with E-state index < -0.39 is 25.7 Å². The van der Waals surface area contributed by atoms with Gasteiger partial charge in [0.2, 0.25) is 0 Å². The molecule has 0 saturated heterocycles. The highest BCUT2D eigenvalue weighted by Gasteiger charge is 2.15. The minimum absolute atomic E-state index is 0.0720. The van der Waals surface area contributed by atoms with Crippen LogP contribution in [-0.4, -0.2) is 46.9 Å². The number of nitrogens with two attached hydrogens (primary N) is 1. The normalized spacial score (nSPS) is 15.4. The average molecular weight is 244 g/mol. The molecule has 0 saturated carbocycles. The monoisotopic (exact) mass is 244 g/mol. The van der Waals surface area contributed by atoms with E-state index in [-0.39, 0.29) is 17.9 Å². The summed E-state index contributed by atoms with van der Waals surface area (Å²) in [6.45, 7) is 0. The molecule has 0 rings (SSSR count). The molecule has 0 aliphatic rings. The Kier molecular flexibility index (Phi) is 4.99. The van der Waals surface area contributed by atoms with Gasteiger partial charge in [0, 0.05) is 18.6 Å². The molecule has 0 radical (unpaired) electrons. The Morgan fingerprint density at radius 2 is 1.64 bits per heavy atom. The summed E-state index contributed by atoms with van der Waals surface area (Å²) in [5.74, 6) is 4.87. The van der Waals surface area contributed by atoms with Gasteiger partial charge in [0.1, 0.15) is 19.7 Å². The first-order valence-electron chi connectivity index (χ1n) is 3.95. The van der Waals surface area contributed by atoms with Crippen LogP contribution in [0.25, 0.3) is 0 Å². The second-order valence-electron chi connectivity index (χ2n) is 3.37. The number of hydrogen-bond donors (Lipinski definition) is 2. The molecule has 0 aromatic rings. The fraction of sp³-hybridized carbons (Fsp3) is 1.00. The van der Waals surface area contributed by atoms with Gasteiger partial charge in [0.05, 0.1) is 11.5 Å². The first-order chi connectivity index (χ1) is 6.14. The van der Waals surface area contributed by atoms with Crippen molar-refractivity contribution >= 4 is 19.7 Å². The highest BCUT2D eigenvalue weighted by Crippen LogP contribution is 1.98. The minimum Gasteiger partial charge on any atom is -0.271 e. The fourth-order valence-electron chi connectivity index (χ4n) is 0.937. The van der Waals surface area contributed by atoms with Crippen molar-refractivity contribution in [2.75, 3.05) is 24.0 Å². The first kappa shape index (κ1) is 13.8. The molecule has 86 valence electrons. The van der Waals surface area contributed by atoms with Crippen LogP contribution in [0.15, 0.2) is 0 Å². The quantitative estimate of drug-likeness (QED) is 0.426. The van der Waals surface area contributed by atoms with E-state index in [9.17, 15) is 16.8 Å². The van der Waals surface area contributed by atoms with Crippen LogP contribution in [0.4, 0.5) is 0 Å². The van der Waals surface area contributed by atoms with Crippen molar-refractivity contribution < 1.29 is 16.8 Å². The van der Waals surface area contributed by atoms with Gasteiger partial charge in [-0.05, 0) is 6.42 Å². The third-order valence-electron chi connectivity index (χ3n) is 1.58. The van der Waals surface area contributed by atoms with Gasteiger partial charge in [-0.15, -0.1) is 0 Å². The smallest absolute Gasteiger partial charge is 0.149 e. The first-order valence-corrected chi connectivity index (χ1v) is 8.08. The van der Waals surface area contributed by atoms with Crippen LogP contribution >= 0.6 is 0 Å². The number of nitrogens with one attached hydrogen (secondary N) is 1. The molecule has 0 aliphatic carbocycles. The lowest BCUT2D eigenvalue weighted by molar-refractivity contribution is 0.531. The zero-order valence-corrected chi connectivity index (χ0v) is 9.86. The van der Waals surface area contributed by atoms with Gasteiger partial charge in [-0.2, -0.15) is 0 Å². The van der Waals surface area contributed by atoms with Crippen molar-refractivity contribution in [2.45, 2.75) is 12.5 Å². The molecule has 8 heteroatoms. The topological polar surface area (TPSA) is 106 Å². The standard InChI is InChI=1S/C6H16N2O4S2/c1-13(9,10)4-3-6(8-7)5-14(2,11)12/h6,8H,3-5,7H2,1-2H3. The third kappa shape index (κ3) is 8.42. The maximum atomic E-state index is 10.9. The van der Waals surface area contributed by atoms with Crippen LogP contribution in [0.3, 0.4) is 0 Å². The van der Waals surface area contributed by atoms with Crippen LogP contribution in [0, 0.1) is 0 Å². The number of rotatable bonds is 6. The van der Waals surface area contributed by atoms with E-state index in [1.165, 1.54) is 0 Å². The van der Waals surface area contributed by atoms with Gasteiger partial charge in [0.25, 0.3) is 0 Å². The lowest BCUT2D eigenvalue weighted by atomic mass is 10.3. The molecule has 0 aromatic carbocycles. The van der Waals surface area contributed by atoms with Gasteiger partial charge in [-0.25, -0.2) is 16.8 Å². The predicted molar refractivity (Wildman–Crippen MR) is 55.1 cm³/mol. The van der Waals surface area contributed by atoms with E-state index in [0.717, 1.165) is 12.5 Å². The second-order valence-corrected chi connectivity index (χ2v) is 7.82. The highest BCUT2D eigenvalue weighted by atomic mass is 32.2.